The van der Waals surface area contributed by atoms with Crippen molar-refractivity contribution in [2.75, 3.05) is 6.54 Å². The molecule has 1 aromatic rings. The van der Waals surface area contributed by atoms with E-state index in [1.807, 2.05) is 0 Å². The Kier molecular flexibility index (Phi) is 4.88. The molecule has 2 rings (SSSR count). The van der Waals surface area contributed by atoms with Gasteiger partial charge in [-0.05, 0) is 36.6 Å². The highest BCUT2D eigenvalue weighted by Gasteiger charge is 2.31. The Balaban J connectivity index is 1.95. The molecular weight excluding hydrogens is 286 g/mol. The molecule has 1 saturated carbocycles. The van der Waals surface area contributed by atoms with Gasteiger partial charge in [-0.3, -0.25) is 0 Å². The quantitative estimate of drug-likeness (QED) is 0.833. The van der Waals surface area contributed by atoms with Crippen LogP contribution in [0.5, 0.6) is 0 Å². The predicted molar refractivity (Wildman–Crippen MR) is 71.1 cm³/mol. The van der Waals surface area contributed by atoms with Gasteiger partial charge in [0.15, 0.2) is 0 Å². The molecule has 0 radical (unpaired) electrons. The number of benzene rings is 1. The lowest BCUT2D eigenvalue weighted by Crippen LogP contribution is -2.41. The highest BCUT2D eigenvalue weighted by Crippen LogP contribution is 2.30. The van der Waals surface area contributed by atoms with Crippen LogP contribution in [0.3, 0.4) is 0 Å². The third kappa shape index (κ3) is 4.68. The van der Waals surface area contributed by atoms with Crippen molar-refractivity contribution in [1.82, 2.24) is 5.32 Å². The Bertz CT molecular complexity index is 481. The molecule has 0 amide bonds. The summed E-state index contributed by atoms with van der Waals surface area (Å²) < 4.78 is 51.0. The van der Waals surface area contributed by atoms with Crippen LogP contribution in [0, 0.1) is 5.82 Å². The fourth-order valence-electron chi connectivity index (χ4n) is 2.74. The van der Waals surface area contributed by atoms with Crippen molar-refractivity contribution in [2.24, 2.45) is 0 Å². The lowest BCUT2D eigenvalue weighted by atomic mass is 9.85. The molecule has 0 atom stereocenters. The molecule has 0 unspecified atom stereocenters. The number of hydrogen-bond donors (Lipinski definition) is 2. The van der Waals surface area contributed by atoms with Gasteiger partial charge in [0.1, 0.15) is 5.82 Å². The van der Waals surface area contributed by atoms with Gasteiger partial charge in [-0.2, -0.15) is 13.2 Å². The zero-order chi connectivity index (χ0) is 15.5. The Morgan fingerprint density at radius 3 is 2.38 bits per heavy atom. The second kappa shape index (κ2) is 6.32. The van der Waals surface area contributed by atoms with Crippen LogP contribution in [0.1, 0.15) is 43.2 Å². The fraction of sp³-hybridized carbons (Fsp3) is 0.600. The van der Waals surface area contributed by atoms with E-state index < -0.39 is 23.2 Å². The van der Waals surface area contributed by atoms with E-state index in [0.717, 1.165) is 31.4 Å². The van der Waals surface area contributed by atoms with Gasteiger partial charge in [-0.25, -0.2) is 4.39 Å². The maximum atomic E-state index is 13.2. The van der Waals surface area contributed by atoms with E-state index in [9.17, 15) is 22.7 Å². The summed E-state index contributed by atoms with van der Waals surface area (Å²) in [5.41, 5.74) is -1.56. The van der Waals surface area contributed by atoms with Gasteiger partial charge in [-0.15, -0.1) is 0 Å². The van der Waals surface area contributed by atoms with Crippen molar-refractivity contribution in [1.29, 1.82) is 0 Å². The minimum absolute atomic E-state index is 0.100. The molecular formula is C15H19F4NO. The first-order valence-electron chi connectivity index (χ1n) is 7.08. The third-order valence-electron chi connectivity index (χ3n) is 3.85. The fourth-order valence-corrected chi connectivity index (χ4v) is 2.74. The van der Waals surface area contributed by atoms with Gasteiger partial charge in [0.05, 0.1) is 11.2 Å². The van der Waals surface area contributed by atoms with Crippen LogP contribution in [0.15, 0.2) is 18.2 Å². The van der Waals surface area contributed by atoms with Gasteiger partial charge in [0.25, 0.3) is 0 Å². The summed E-state index contributed by atoms with van der Waals surface area (Å²) in [6, 6.07) is 2.49. The van der Waals surface area contributed by atoms with Crippen LogP contribution in [0.2, 0.25) is 0 Å². The summed E-state index contributed by atoms with van der Waals surface area (Å²) >= 11 is 0. The van der Waals surface area contributed by atoms with Crippen LogP contribution >= 0.6 is 0 Å². The summed E-state index contributed by atoms with van der Waals surface area (Å²) in [4.78, 5) is 0. The van der Waals surface area contributed by atoms with Gasteiger partial charge in [0.2, 0.25) is 0 Å². The second-order valence-corrected chi connectivity index (χ2v) is 5.73. The van der Waals surface area contributed by atoms with E-state index in [0.29, 0.717) is 25.5 Å². The maximum absolute atomic E-state index is 13.2. The minimum atomic E-state index is -4.56. The molecule has 1 aliphatic rings. The van der Waals surface area contributed by atoms with E-state index in [1.165, 1.54) is 0 Å². The Morgan fingerprint density at radius 1 is 1.10 bits per heavy atom. The molecule has 0 bridgehead atoms. The number of halogens is 4. The molecule has 0 aromatic heterocycles. The lowest BCUT2D eigenvalue weighted by molar-refractivity contribution is -0.137. The molecule has 1 aromatic carbocycles. The Morgan fingerprint density at radius 2 is 1.76 bits per heavy atom. The number of nitrogens with one attached hydrogen (secondary N) is 1. The van der Waals surface area contributed by atoms with Crippen molar-refractivity contribution in [2.45, 2.75) is 50.4 Å². The van der Waals surface area contributed by atoms with Crippen LogP contribution in [-0.4, -0.2) is 17.3 Å². The van der Waals surface area contributed by atoms with Crippen LogP contribution < -0.4 is 5.32 Å². The molecule has 1 aliphatic carbocycles. The highest BCUT2D eigenvalue weighted by molar-refractivity contribution is 5.26. The number of hydrogen-bond acceptors (Lipinski definition) is 2. The molecule has 2 N–H and O–H groups in total. The average molecular weight is 305 g/mol. The SMILES string of the molecule is OC1(CNCc2cc(F)cc(C(F)(F)F)c2)CCCCC1. The second-order valence-electron chi connectivity index (χ2n) is 5.73. The zero-order valence-corrected chi connectivity index (χ0v) is 11.6. The highest BCUT2D eigenvalue weighted by atomic mass is 19.4. The van der Waals surface area contributed by atoms with E-state index >= 15 is 0 Å². The Hall–Kier alpha value is -1.14. The number of alkyl halides is 3. The molecule has 6 heteroatoms. The van der Waals surface area contributed by atoms with Gasteiger partial charge >= 0.3 is 6.18 Å². The molecule has 21 heavy (non-hydrogen) atoms. The van der Waals surface area contributed by atoms with Crippen molar-refractivity contribution in [3.8, 4) is 0 Å². The van der Waals surface area contributed by atoms with Crippen molar-refractivity contribution in [3.05, 3.63) is 35.1 Å². The van der Waals surface area contributed by atoms with Gasteiger partial charge < -0.3 is 10.4 Å². The molecule has 0 heterocycles. The van der Waals surface area contributed by atoms with Crippen molar-refractivity contribution < 1.29 is 22.7 Å². The largest absolute Gasteiger partial charge is 0.416 e. The van der Waals surface area contributed by atoms with Gasteiger partial charge in [-0.1, -0.05) is 19.3 Å². The summed E-state index contributed by atoms with van der Waals surface area (Å²) in [5, 5.41) is 13.2. The monoisotopic (exact) mass is 305 g/mol. The molecule has 1 fully saturated rings. The summed E-state index contributed by atoms with van der Waals surface area (Å²) in [5.74, 6) is -0.905. The predicted octanol–water partition coefficient (Wildman–Crippen LogP) is 3.63. The molecule has 0 spiro atoms. The molecule has 118 valence electrons. The standard InChI is InChI=1S/C15H19F4NO/c16-13-7-11(6-12(8-13)15(17,18)19)9-20-10-14(21)4-2-1-3-5-14/h6-8,20-21H,1-5,9-10H2. The minimum Gasteiger partial charge on any atom is -0.389 e. The molecule has 2 nitrogen and oxygen atoms in total. The van der Waals surface area contributed by atoms with Crippen LogP contribution in [0.4, 0.5) is 17.6 Å². The number of aliphatic hydroxyl groups is 1. The first kappa shape index (κ1) is 16.2. The lowest BCUT2D eigenvalue weighted by Gasteiger charge is -2.32. The third-order valence-corrected chi connectivity index (χ3v) is 3.85. The van der Waals surface area contributed by atoms with Crippen LogP contribution in [0.25, 0.3) is 0 Å². The first-order chi connectivity index (χ1) is 9.78. The van der Waals surface area contributed by atoms with E-state index in [2.05, 4.69) is 5.32 Å². The van der Waals surface area contributed by atoms with E-state index in [-0.39, 0.29) is 12.1 Å². The summed E-state index contributed by atoms with van der Waals surface area (Å²) in [6.07, 6.45) is -0.166. The maximum Gasteiger partial charge on any atom is 0.416 e. The van der Waals surface area contributed by atoms with E-state index in [4.69, 9.17) is 0 Å². The van der Waals surface area contributed by atoms with E-state index in [1.54, 1.807) is 0 Å². The molecule has 0 saturated heterocycles. The normalized spacial score (nSPS) is 18.7. The topological polar surface area (TPSA) is 32.3 Å². The zero-order valence-electron chi connectivity index (χ0n) is 11.6. The average Bonchev–Trinajstić information content (AvgIpc) is 2.37. The summed E-state index contributed by atoms with van der Waals surface area (Å²) in [6.45, 7) is 0.411. The number of rotatable bonds is 4. The first-order valence-corrected chi connectivity index (χ1v) is 7.08. The van der Waals surface area contributed by atoms with Crippen molar-refractivity contribution >= 4 is 0 Å². The Labute approximate surface area is 121 Å². The summed E-state index contributed by atoms with van der Waals surface area (Å²) in [7, 11) is 0. The van der Waals surface area contributed by atoms with Gasteiger partial charge in [0, 0.05) is 13.1 Å². The van der Waals surface area contributed by atoms with Crippen LogP contribution in [-0.2, 0) is 12.7 Å². The smallest absolute Gasteiger partial charge is 0.389 e. The molecule has 0 aliphatic heterocycles. The van der Waals surface area contributed by atoms with Crippen molar-refractivity contribution in [3.63, 3.8) is 0 Å².